The van der Waals surface area contributed by atoms with Gasteiger partial charge in [0.25, 0.3) is 0 Å². The van der Waals surface area contributed by atoms with Gasteiger partial charge in [-0.2, -0.15) is 3.58 Å². The van der Waals surface area contributed by atoms with Crippen LogP contribution >= 0.6 is 0 Å². The summed E-state index contributed by atoms with van der Waals surface area (Å²) in [5, 5.41) is 6.86. The van der Waals surface area contributed by atoms with Gasteiger partial charge in [-0.3, -0.25) is 0 Å². The molecule has 0 aromatic carbocycles. The van der Waals surface area contributed by atoms with Crippen LogP contribution in [0.2, 0.25) is 0 Å². The summed E-state index contributed by atoms with van der Waals surface area (Å²) in [5.41, 5.74) is 6.39. The van der Waals surface area contributed by atoms with Crippen molar-refractivity contribution >= 4 is 6.21 Å². The van der Waals surface area contributed by atoms with Crippen molar-refractivity contribution in [2.45, 2.75) is 13.8 Å². The summed E-state index contributed by atoms with van der Waals surface area (Å²) in [6.45, 7) is 4.02. The van der Waals surface area contributed by atoms with Crippen LogP contribution in [0.4, 0.5) is 0 Å². The van der Waals surface area contributed by atoms with E-state index in [4.69, 9.17) is 11.1 Å². The Labute approximate surface area is 69.2 Å². The van der Waals surface area contributed by atoms with Crippen LogP contribution in [0.5, 0.6) is 0 Å². The predicted molar refractivity (Wildman–Crippen MR) is 34.8 cm³/mol. The van der Waals surface area contributed by atoms with Crippen LogP contribution in [0.1, 0.15) is 13.8 Å². The van der Waals surface area contributed by atoms with Crippen molar-refractivity contribution in [3.63, 3.8) is 0 Å². The van der Waals surface area contributed by atoms with Gasteiger partial charge in [-0.1, -0.05) is 13.8 Å². The lowest BCUT2D eigenvalue weighted by atomic mass is 10.1. The molecule has 0 saturated heterocycles. The van der Waals surface area contributed by atoms with Crippen LogP contribution in [0, 0.1) is 11.3 Å². The molecule has 0 heterocycles. The van der Waals surface area contributed by atoms with Gasteiger partial charge < -0.3 is 33.7 Å². The van der Waals surface area contributed by atoms with Gasteiger partial charge in [-0.05, 0) is 17.8 Å². The van der Waals surface area contributed by atoms with Gasteiger partial charge in [0, 0.05) is 0 Å². The molecule has 0 bridgehead atoms. The lowest BCUT2D eigenvalue weighted by molar-refractivity contribution is -0.291. The van der Waals surface area contributed by atoms with Gasteiger partial charge in [0.2, 0.25) is 0 Å². The fourth-order valence-corrected chi connectivity index (χ4v) is 0.982. The molecule has 0 saturated carbocycles. The first-order valence-corrected chi connectivity index (χ1v) is 3.83. The van der Waals surface area contributed by atoms with E-state index in [0.717, 1.165) is 9.28 Å². The Morgan fingerprint density at radius 3 is 2.22 bits per heavy atom. The van der Waals surface area contributed by atoms with E-state index in [2.05, 4.69) is 22.6 Å². The minimum atomic E-state index is 0.346. The van der Waals surface area contributed by atoms with Crippen molar-refractivity contribution in [1.29, 1.82) is 5.41 Å². The summed E-state index contributed by atoms with van der Waals surface area (Å²) in [5.74, 6) is 0.346. The van der Waals surface area contributed by atoms with Crippen molar-refractivity contribution < 1.29 is 22.6 Å². The van der Waals surface area contributed by atoms with Crippen LogP contribution < -0.4 is 28.3 Å². The van der Waals surface area contributed by atoms with Crippen molar-refractivity contribution in [3.05, 3.63) is 9.28 Å². The zero-order valence-electron chi connectivity index (χ0n) is 5.61. The highest BCUT2D eigenvalue weighted by Crippen LogP contribution is 2.01. The molecule has 3 heteroatoms. The second-order valence-corrected chi connectivity index (χ2v) is 3.26. The molecule has 53 valence electrons. The fourth-order valence-electron chi connectivity index (χ4n) is 0.359. The summed E-state index contributed by atoms with van der Waals surface area (Å²) in [6, 6.07) is 0. The van der Waals surface area contributed by atoms with Gasteiger partial charge in [0.05, 0.1) is 0 Å². The van der Waals surface area contributed by atoms with Crippen LogP contribution in [0.15, 0.2) is 9.28 Å². The molecule has 0 aromatic rings. The zero-order chi connectivity index (χ0) is 7.44. The number of hydrogen-bond donors (Lipinski definition) is 2. The fraction of sp³-hybridized carbons (Fsp3) is 0.500. The quantitative estimate of drug-likeness (QED) is 0.425. The van der Waals surface area contributed by atoms with E-state index >= 15 is 0 Å². The first-order chi connectivity index (χ1) is 4.09. The summed E-state index contributed by atoms with van der Waals surface area (Å²) in [4.78, 5) is 0. The van der Waals surface area contributed by atoms with Crippen molar-refractivity contribution in [2.24, 2.45) is 11.7 Å². The molecule has 0 spiro atoms. The van der Waals surface area contributed by atoms with Gasteiger partial charge >= 0.3 is 0 Å². The number of hydrogen-bond acceptors (Lipinski definition) is 2. The van der Waals surface area contributed by atoms with E-state index < -0.39 is 0 Å². The number of nitrogens with one attached hydrogen (secondary N) is 1. The Balaban J connectivity index is 4.27. The van der Waals surface area contributed by atoms with E-state index in [1.807, 2.05) is 13.8 Å². The second kappa shape index (κ2) is 3.87. The minimum Gasteiger partial charge on any atom is -0.755 e. The maximum absolute atomic E-state index is 6.86. The molecule has 0 aromatic heterocycles. The highest BCUT2D eigenvalue weighted by molar-refractivity contribution is 5.72. The van der Waals surface area contributed by atoms with Gasteiger partial charge in [-0.15, -0.1) is 0 Å². The third-order valence-corrected chi connectivity index (χ3v) is 1.96. The molecule has 0 atom stereocenters. The van der Waals surface area contributed by atoms with E-state index in [1.54, 1.807) is 0 Å². The molecular weight excluding hydrogens is 227 g/mol. The Morgan fingerprint density at radius 1 is 1.67 bits per heavy atom. The molecule has 0 fully saturated rings. The average molecular weight is 238 g/mol. The molecular formula is C6H11IN2-. The topological polar surface area (TPSA) is 49.9 Å². The van der Waals surface area contributed by atoms with Crippen molar-refractivity contribution in [2.75, 3.05) is 0 Å². The number of allylic oxidation sites excluding steroid dienone is 2. The first-order valence-electron chi connectivity index (χ1n) is 2.75. The van der Waals surface area contributed by atoms with Crippen molar-refractivity contribution in [3.8, 4) is 0 Å². The molecule has 9 heavy (non-hydrogen) atoms. The van der Waals surface area contributed by atoms with Crippen LogP contribution in [0.25, 0.3) is 0 Å². The number of rotatable bonds is 2. The molecule has 0 aliphatic heterocycles. The standard InChI is InChI=1S/C6H11IN2/c1-4(2)6(9)5(7)3-8/h3-4,8H,9H2,1-2H3/q-1/b6-5+,8-3?. The van der Waals surface area contributed by atoms with Crippen LogP contribution in [-0.2, 0) is 0 Å². The minimum absolute atomic E-state index is 0.346. The maximum atomic E-state index is 6.86. The molecule has 2 nitrogen and oxygen atoms in total. The van der Waals surface area contributed by atoms with E-state index in [-0.39, 0.29) is 0 Å². The zero-order valence-corrected chi connectivity index (χ0v) is 7.77. The van der Waals surface area contributed by atoms with Crippen molar-refractivity contribution in [1.82, 2.24) is 0 Å². The summed E-state index contributed by atoms with van der Waals surface area (Å²) in [6.07, 6.45) is 1.27. The van der Waals surface area contributed by atoms with E-state index in [0.29, 0.717) is 5.92 Å². The number of halogens is 1. The smallest absolute Gasteiger partial charge is 0.00259 e. The average Bonchev–Trinajstić information content (AvgIpc) is 1.84. The highest BCUT2D eigenvalue weighted by Gasteiger charge is 1.94. The second-order valence-electron chi connectivity index (χ2n) is 2.10. The van der Waals surface area contributed by atoms with Gasteiger partial charge in [0.15, 0.2) is 0 Å². The largest absolute Gasteiger partial charge is 0.755 e. The van der Waals surface area contributed by atoms with Crippen LogP contribution in [0.3, 0.4) is 0 Å². The van der Waals surface area contributed by atoms with E-state index in [9.17, 15) is 0 Å². The van der Waals surface area contributed by atoms with Crippen LogP contribution in [-0.4, -0.2) is 6.21 Å². The third kappa shape index (κ3) is 2.84. The lowest BCUT2D eigenvalue weighted by Crippen LogP contribution is -3.33. The third-order valence-electron chi connectivity index (χ3n) is 1.02. The SMILES string of the molecule is CC(C)/C(N)=C(\[I-])C=N. The summed E-state index contributed by atoms with van der Waals surface area (Å²) < 4.78 is 0.836. The Hall–Kier alpha value is -0.0600. The molecule has 1 radical (unpaired) electrons. The molecule has 0 rings (SSSR count). The molecule has 0 aliphatic carbocycles. The molecule has 0 aliphatic rings. The Kier molecular flexibility index (Phi) is 3.84. The predicted octanol–water partition coefficient (Wildman–Crippen LogP) is -1.98. The van der Waals surface area contributed by atoms with Gasteiger partial charge in [-0.25, -0.2) is 0 Å². The number of nitrogens with two attached hydrogens (primary N) is 1. The molecule has 0 unspecified atom stereocenters. The Bertz CT molecular complexity index is 138. The lowest BCUT2D eigenvalue weighted by Gasteiger charge is -2.14. The van der Waals surface area contributed by atoms with Gasteiger partial charge in [0.1, 0.15) is 0 Å². The Morgan fingerprint density at radius 2 is 2.11 bits per heavy atom. The maximum Gasteiger partial charge on any atom is -0.00259 e. The summed E-state index contributed by atoms with van der Waals surface area (Å²) in [7, 11) is 0. The first kappa shape index (κ1) is 8.94. The molecule has 3 N–H and O–H groups in total. The normalized spacial score (nSPS) is 13.3. The summed E-state index contributed by atoms with van der Waals surface area (Å²) >= 11 is 2.06. The molecule has 0 amide bonds. The monoisotopic (exact) mass is 238 g/mol. The van der Waals surface area contributed by atoms with E-state index in [1.165, 1.54) is 6.21 Å². The highest BCUT2D eigenvalue weighted by atomic mass is 127.